The highest BCUT2D eigenvalue weighted by molar-refractivity contribution is 9.11. The fraction of sp³-hybridized carbons (Fsp3) is 0.250. The van der Waals surface area contributed by atoms with Gasteiger partial charge in [-0.1, -0.05) is 0 Å². The van der Waals surface area contributed by atoms with Crippen molar-refractivity contribution < 1.29 is 4.74 Å². The van der Waals surface area contributed by atoms with Gasteiger partial charge in [0.25, 0.3) is 0 Å². The number of ether oxygens (including phenoxy) is 1. The molecule has 1 unspecified atom stereocenters. The number of pyridine rings is 1. The van der Waals surface area contributed by atoms with Crippen molar-refractivity contribution in [3.63, 3.8) is 0 Å². The molecule has 17 heavy (non-hydrogen) atoms. The second-order valence-electron chi connectivity index (χ2n) is 3.45. The third-order valence-corrected chi connectivity index (χ3v) is 4.15. The number of hydrogen-bond donors (Lipinski definition) is 1. The Bertz CT molecular complexity index is 501. The third-order valence-electron chi connectivity index (χ3n) is 2.46. The van der Waals surface area contributed by atoms with E-state index in [1.54, 1.807) is 24.6 Å². The molecule has 2 heterocycles. The van der Waals surface area contributed by atoms with Crippen LogP contribution in [0.1, 0.15) is 16.6 Å². The van der Waals surface area contributed by atoms with E-state index in [4.69, 9.17) is 4.74 Å². The van der Waals surface area contributed by atoms with Gasteiger partial charge in [-0.3, -0.25) is 4.98 Å². The molecule has 1 atom stereocenters. The van der Waals surface area contributed by atoms with Crippen molar-refractivity contribution in [2.75, 3.05) is 14.2 Å². The van der Waals surface area contributed by atoms with Crippen molar-refractivity contribution in [2.45, 2.75) is 6.04 Å². The molecule has 0 saturated heterocycles. The average Bonchev–Trinajstić information content (AvgIpc) is 2.77. The lowest BCUT2D eigenvalue weighted by Gasteiger charge is -2.16. The number of rotatable bonds is 4. The van der Waals surface area contributed by atoms with Crippen LogP contribution in [0.4, 0.5) is 0 Å². The molecule has 2 rings (SSSR count). The van der Waals surface area contributed by atoms with Crippen LogP contribution in [0.3, 0.4) is 0 Å². The van der Waals surface area contributed by atoms with Crippen molar-refractivity contribution in [1.29, 1.82) is 0 Å². The van der Waals surface area contributed by atoms with E-state index in [-0.39, 0.29) is 6.04 Å². The Labute approximate surface area is 113 Å². The van der Waals surface area contributed by atoms with E-state index >= 15 is 0 Å². The minimum atomic E-state index is 0.0578. The number of hydrogen-bond acceptors (Lipinski definition) is 4. The summed E-state index contributed by atoms with van der Waals surface area (Å²) in [7, 11) is 3.59. The maximum Gasteiger partial charge on any atom is 0.142 e. The molecule has 2 aromatic rings. The highest BCUT2D eigenvalue weighted by atomic mass is 79.9. The van der Waals surface area contributed by atoms with Gasteiger partial charge in [0.2, 0.25) is 0 Å². The monoisotopic (exact) mass is 312 g/mol. The van der Waals surface area contributed by atoms with Gasteiger partial charge < -0.3 is 10.1 Å². The molecule has 90 valence electrons. The van der Waals surface area contributed by atoms with Crippen LogP contribution in [0.15, 0.2) is 34.2 Å². The van der Waals surface area contributed by atoms with Crippen LogP contribution < -0.4 is 10.1 Å². The Morgan fingerprint density at radius 3 is 2.82 bits per heavy atom. The molecule has 0 radical (unpaired) electrons. The van der Waals surface area contributed by atoms with E-state index in [9.17, 15) is 0 Å². The number of nitrogens with one attached hydrogen (secondary N) is 1. The fourth-order valence-corrected chi connectivity index (χ4v) is 3.23. The number of nitrogens with zero attached hydrogens (tertiary/aromatic N) is 1. The molecular formula is C12H13BrN2OS. The number of methoxy groups -OCH3 is 1. The molecule has 1 N–H and O–H groups in total. The Balaban J connectivity index is 2.41. The lowest BCUT2D eigenvalue weighted by atomic mass is 10.1. The summed E-state index contributed by atoms with van der Waals surface area (Å²) in [4.78, 5) is 5.62. The smallest absolute Gasteiger partial charge is 0.142 e. The quantitative estimate of drug-likeness (QED) is 0.941. The summed E-state index contributed by atoms with van der Waals surface area (Å²) in [6.07, 6.45) is 1.78. The van der Waals surface area contributed by atoms with Gasteiger partial charge >= 0.3 is 0 Å². The van der Waals surface area contributed by atoms with Gasteiger partial charge in [0.1, 0.15) is 11.4 Å². The minimum Gasteiger partial charge on any atom is -0.495 e. The number of aromatic nitrogens is 1. The summed E-state index contributed by atoms with van der Waals surface area (Å²) in [5.74, 6) is 0.802. The predicted octanol–water partition coefficient (Wildman–Crippen LogP) is 3.22. The summed E-state index contributed by atoms with van der Waals surface area (Å²) in [6, 6.07) is 7.99. The van der Waals surface area contributed by atoms with Crippen LogP contribution in [0.5, 0.6) is 5.75 Å². The molecule has 2 aromatic heterocycles. The first-order chi connectivity index (χ1) is 8.26. The summed E-state index contributed by atoms with van der Waals surface area (Å²) < 4.78 is 6.46. The minimum absolute atomic E-state index is 0.0578. The van der Waals surface area contributed by atoms with Gasteiger partial charge in [0.05, 0.1) is 16.9 Å². The van der Waals surface area contributed by atoms with E-state index in [2.05, 4.69) is 32.3 Å². The summed E-state index contributed by atoms with van der Waals surface area (Å²) in [5.41, 5.74) is 0.909. The van der Waals surface area contributed by atoms with Crippen LogP contribution >= 0.6 is 27.3 Å². The molecule has 0 amide bonds. The van der Waals surface area contributed by atoms with Crippen molar-refractivity contribution in [2.24, 2.45) is 0 Å². The molecule has 0 saturated carbocycles. The molecule has 0 aliphatic carbocycles. The lowest BCUT2D eigenvalue weighted by Crippen LogP contribution is -2.18. The molecule has 0 fully saturated rings. The second kappa shape index (κ2) is 5.62. The third kappa shape index (κ3) is 2.68. The number of thiophene rings is 1. The molecule has 0 aliphatic heterocycles. The Morgan fingerprint density at radius 1 is 1.41 bits per heavy atom. The molecule has 5 heteroatoms. The van der Waals surface area contributed by atoms with E-state index < -0.39 is 0 Å². The van der Waals surface area contributed by atoms with E-state index in [0.717, 1.165) is 15.2 Å². The largest absolute Gasteiger partial charge is 0.495 e. The van der Waals surface area contributed by atoms with Crippen molar-refractivity contribution in [1.82, 2.24) is 10.3 Å². The Morgan fingerprint density at radius 2 is 2.24 bits per heavy atom. The van der Waals surface area contributed by atoms with E-state index in [1.165, 1.54) is 4.88 Å². The van der Waals surface area contributed by atoms with Crippen LogP contribution in [0, 0.1) is 0 Å². The van der Waals surface area contributed by atoms with Crippen molar-refractivity contribution in [3.05, 3.63) is 44.8 Å². The van der Waals surface area contributed by atoms with Crippen LogP contribution in [0.2, 0.25) is 0 Å². The van der Waals surface area contributed by atoms with Crippen LogP contribution in [-0.4, -0.2) is 19.1 Å². The van der Waals surface area contributed by atoms with Crippen molar-refractivity contribution in [3.8, 4) is 5.75 Å². The molecule has 0 spiro atoms. The summed E-state index contributed by atoms with van der Waals surface area (Å²) in [6.45, 7) is 0. The molecule has 0 aliphatic rings. The SMILES string of the molecule is CNC(c1ccc(Br)s1)c1ncccc1OC. The van der Waals surface area contributed by atoms with Gasteiger partial charge in [-0.25, -0.2) is 0 Å². The molecule has 0 aromatic carbocycles. The highest BCUT2D eigenvalue weighted by Crippen LogP contribution is 2.33. The van der Waals surface area contributed by atoms with Gasteiger partial charge in [0, 0.05) is 11.1 Å². The summed E-state index contributed by atoms with van der Waals surface area (Å²) in [5, 5.41) is 3.27. The Hall–Kier alpha value is -0.910. The van der Waals surface area contributed by atoms with Gasteiger partial charge in [-0.2, -0.15) is 0 Å². The van der Waals surface area contributed by atoms with Gasteiger partial charge in [-0.05, 0) is 47.2 Å². The zero-order valence-corrected chi connectivity index (χ0v) is 12.0. The molecule has 3 nitrogen and oxygen atoms in total. The summed E-state index contributed by atoms with van der Waals surface area (Å²) >= 11 is 5.17. The van der Waals surface area contributed by atoms with Gasteiger partial charge in [-0.15, -0.1) is 11.3 Å². The molecule has 0 bridgehead atoms. The lowest BCUT2D eigenvalue weighted by molar-refractivity contribution is 0.402. The standard InChI is InChI=1S/C12H13BrN2OS/c1-14-12(9-5-6-10(13)17-9)11-8(16-2)4-3-7-15-11/h3-7,12,14H,1-2H3. The zero-order valence-electron chi connectivity index (χ0n) is 9.61. The van der Waals surface area contributed by atoms with Crippen LogP contribution in [-0.2, 0) is 0 Å². The maximum absolute atomic E-state index is 5.35. The first-order valence-electron chi connectivity index (χ1n) is 5.17. The van der Waals surface area contributed by atoms with E-state index in [0.29, 0.717) is 0 Å². The average molecular weight is 313 g/mol. The number of halogens is 1. The van der Waals surface area contributed by atoms with Crippen LogP contribution in [0.25, 0.3) is 0 Å². The van der Waals surface area contributed by atoms with E-state index in [1.807, 2.05) is 25.2 Å². The fourth-order valence-electron chi connectivity index (χ4n) is 1.69. The first kappa shape index (κ1) is 12.5. The van der Waals surface area contributed by atoms with Gasteiger partial charge in [0.15, 0.2) is 0 Å². The second-order valence-corrected chi connectivity index (χ2v) is 5.95. The first-order valence-corrected chi connectivity index (χ1v) is 6.78. The maximum atomic E-state index is 5.35. The highest BCUT2D eigenvalue weighted by Gasteiger charge is 2.19. The normalized spacial score (nSPS) is 12.4. The Kier molecular flexibility index (Phi) is 4.15. The van der Waals surface area contributed by atoms with Crippen molar-refractivity contribution >= 4 is 27.3 Å². The molecular weight excluding hydrogens is 300 g/mol. The zero-order chi connectivity index (χ0) is 12.3. The predicted molar refractivity (Wildman–Crippen MR) is 73.7 cm³/mol. The topological polar surface area (TPSA) is 34.2 Å².